The van der Waals surface area contributed by atoms with Crippen LogP contribution >= 0.6 is 11.6 Å². The molecule has 3 nitrogen and oxygen atoms in total. The first kappa shape index (κ1) is 19.8. The first-order chi connectivity index (χ1) is 12.6. The number of aryl methyl sites for hydroxylation is 1. The number of rotatable bonds is 3. The quantitative estimate of drug-likeness (QED) is 0.667. The van der Waals surface area contributed by atoms with Crippen molar-refractivity contribution in [3.63, 3.8) is 0 Å². The number of ketones is 2. The highest BCUT2D eigenvalue weighted by Crippen LogP contribution is 2.40. The molecule has 0 bridgehead atoms. The molecule has 4 heteroatoms. The number of ether oxygens (including phenoxy) is 1. The monoisotopic (exact) mass is 384 g/mol. The van der Waals surface area contributed by atoms with Crippen LogP contribution in [0.15, 0.2) is 42.5 Å². The molecule has 0 N–H and O–H groups in total. The van der Waals surface area contributed by atoms with Gasteiger partial charge in [0.05, 0.1) is 0 Å². The molecule has 0 saturated carbocycles. The summed E-state index contributed by atoms with van der Waals surface area (Å²) >= 11 is 6.00. The first-order valence-electron chi connectivity index (χ1n) is 9.24. The van der Waals surface area contributed by atoms with Crippen LogP contribution in [-0.2, 0) is 20.7 Å². The number of hydrogen-bond donors (Lipinski definition) is 0. The van der Waals surface area contributed by atoms with Crippen molar-refractivity contribution >= 4 is 23.2 Å². The van der Waals surface area contributed by atoms with Gasteiger partial charge in [-0.2, -0.15) is 0 Å². The average Bonchev–Trinajstić information content (AvgIpc) is 2.60. The van der Waals surface area contributed by atoms with Crippen LogP contribution in [0.5, 0.6) is 0 Å². The summed E-state index contributed by atoms with van der Waals surface area (Å²) in [4.78, 5) is 26.3. The van der Waals surface area contributed by atoms with Gasteiger partial charge in [-0.05, 0) is 74.6 Å². The van der Waals surface area contributed by atoms with Gasteiger partial charge >= 0.3 is 0 Å². The van der Waals surface area contributed by atoms with Crippen molar-refractivity contribution in [2.75, 3.05) is 0 Å². The number of Topliss-reactive ketones (excluding diaryl/α,β-unsaturated/α-hetero) is 2. The Morgan fingerprint density at radius 3 is 1.93 bits per heavy atom. The molecule has 1 saturated heterocycles. The molecule has 0 atom stereocenters. The Hall–Kier alpha value is -1.97. The van der Waals surface area contributed by atoms with E-state index in [1.54, 1.807) is 27.7 Å². The van der Waals surface area contributed by atoms with E-state index in [-0.39, 0.29) is 11.6 Å². The van der Waals surface area contributed by atoms with Crippen LogP contribution in [0.4, 0.5) is 0 Å². The predicted molar refractivity (Wildman–Crippen MR) is 108 cm³/mol. The zero-order valence-electron chi connectivity index (χ0n) is 16.4. The third kappa shape index (κ3) is 3.59. The van der Waals surface area contributed by atoms with Crippen molar-refractivity contribution in [3.8, 4) is 11.1 Å². The molecule has 0 unspecified atom stereocenters. The molecule has 2 aromatic carbocycles. The molecule has 0 radical (unpaired) electrons. The number of carbonyl (C=O) groups is 2. The number of halogens is 1. The van der Waals surface area contributed by atoms with E-state index in [0.717, 1.165) is 28.7 Å². The zero-order chi connectivity index (χ0) is 20.0. The van der Waals surface area contributed by atoms with E-state index < -0.39 is 17.1 Å². The third-order valence-corrected chi connectivity index (χ3v) is 5.49. The van der Waals surface area contributed by atoms with Gasteiger partial charge in [-0.1, -0.05) is 42.8 Å². The molecule has 1 aliphatic heterocycles. The van der Waals surface area contributed by atoms with Gasteiger partial charge in [0.1, 0.15) is 17.1 Å². The van der Waals surface area contributed by atoms with Crippen LogP contribution in [0.3, 0.4) is 0 Å². The highest BCUT2D eigenvalue weighted by molar-refractivity contribution is 6.30. The lowest BCUT2D eigenvalue weighted by Crippen LogP contribution is -2.58. The lowest BCUT2D eigenvalue weighted by molar-refractivity contribution is -0.184. The Morgan fingerprint density at radius 2 is 1.41 bits per heavy atom. The Balaban J connectivity index is 2.16. The summed E-state index contributed by atoms with van der Waals surface area (Å²) in [6, 6.07) is 13.6. The van der Waals surface area contributed by atoms with Crippen molar-refractivity contribution < 1.29 is 14.3 Å². The topological polar surface area (TPSA) is 43.4 Å². The molecule has 3 rings (SSSR count). The van der Waals surface area contributed by atoms with Crippen molar-refractivity contribution in [1.29, 1.82) is 0 Å². The Bertz CT molecular complexity index is 868. The van der Waals surface area contributed by atoms with Gasteiger partial charge in [0.2, 0.25) is 0 Å². The maximum absolute atomic E-state index is 13.1. The Kier molecular flexibility index (Phi) is 5.04. The Morgan fingerprint density at radius 1 is 0.889 bits per heavy atom. The average molecular weight is 385 g/mol. The molecule has 0 aromatic heterocycles. The molecule has 0 spiro atoms. The molecule has 27 heavy (non-hydrogen) atoms. The van der Waals surface area contributed by atoms with Gasteiger partial charge in [-0.25, -0.2) is 0 Å². The predicted octanol–water partition coefficient (Wildman–Crippen LogP) is 5.38. The van der Waals surface area contributed by atoms with Crippen molar-refractivity contribution in [2.24, 2.45) is 0 Å². The minimum Gasteiger partial charge on any atom is -0.354 e. The molecule has 142 valence electrons. The van der Waals surface area contributed by atoms with Gasteiger partial charge < -0.3 is 4.74 Å². The van der Waals surface area contributed by atoms with Crippen molar-refractivity contribution in [2.45, 2.75) is 58.2 Å². The third-order valence-electron chi connectivity index (χ3n) is 5.24. The highest BCUT2D eigenvalue weighted by Gasteiger charge is 2.53. The van der Waals surface area contributed by atoms with Gasteiger partial charge in [0, 0.05) is 5.02 Å². The minimum absolute atomic E-state index is 0.185. The minimum atomic E-state index is -1.01. The Labute approximate surface area is 165 Å². The van der Waals surface area contributed by atoms with Crippen LogP contribution in [0.25, 0.3) is 11.1 Å². The number of hydrogen-bond acceptors (Lipinski definition) is 3. The fourth-order valence-electron chi connectivity index (χ4n) is 3.84. The van der Waals surface area contributed by atoms with Crippen molar-refractivity contribution in [1.82, 2.24) is 0 Å². The summed E-state index contributed by atoms with van der Waals surface area (Å²) in [5.41, 5.74) is 1.72. The van der Waals surface area contributed by atoms with Crippen LogP contribution in [0.2, 0.25) is 5.02 Å². The molecular formula is C23H25ClO3. The van der Waals surface area contributed by atoms with Crippen LogP contribution in [-0.4, -0.2) is 22.8 Å². The normalized spacial score (nSPS) is 19.3. The zero-order valence-corrected chi connectivity index (χ0v) is 17.2. The van der Waals surface area contributed by atoms with E-state index in [2.05, 4.69) is 0 Å². The molecule has 2 aromatic rings. The summed E-state index contributed by atoms with van der Waals surface area (Å²) in [7, 11) is 0. The lowest BCUT2D eigenvalue weighted by Gasteiger charge is -2.43. The smallest absolute Gasteiger partial charge is 0.179 e. The van der Waals surface area contributed by atoms with Gasteiger partial charge in [-0.15, -0.1) is 0 Å². The molecule has 1 heterocycles. The maximum Gasteiger partial charge on any atom is 0.179 e. The molecule has 0 amide bonds. The summed E-state index contributed by atoms with van der Waals surface area (Å²) in [6.45, 7) is 9.00. The summed E-state index contributed by atoms with van der Waals surface area (Å²) in [5, 5.41) is 0.669. The van der Waals surface area contributed by atoms with Gasteiger partial charge in [0.15, 0.2) is 11.6 Å². The van der Waals surface area contributed by atoms with Crippen molar-refractivity contribution in [3.05, 3.63) is 58.6 Å². The fourth-order valence-corrected chi connectivity index (χ4v) is 3.97. The van der Waals surface area contributed by atoms with E-state index in [1.807, 2.05) is 49.4 Å². The first-order valence-corrected chi connectivity index (χ1v) is 9.62. The van der Waals surface area contributed by atoms with E-state index in [0.29, 0.717) is 5.02 Å². The summed E-state index contributed by atoms with van der Waals surface area (Å²) < 4.78 is 5.83. The van der Waals surface area contributed by atoms with E-state index >= 15 is 0 Å². The molecule has 1 fully saturated rings. The lowest BCUT2D eigenvalue weighted by atomic mass is 9.73. The van der Waals surface area contributed by atoms with Crippen LogP contribution in [0.1, 0.15) is 51.7 Å². The summed E-state index contributed by atoms with van der Waals surface area (Å²) in [5.74, 6) is -1.18. The highest BCUT2D eigenvalue weighted by atomic mass is 35.5. The van der Waals surface area contributed by atoms with E-state index in [4.69, 9.17) is 16.3 Å². The van der Waals surface area contributed by atoms with Gasteiger partial charge in [-0.3, -0.25) is 9.59 Å². The fraction of sp³-hybridized carbons (Fsp3) is 0.391. The SMILES string of the molecule is CCc1ccc(-c2ccc(Cl)cc2)cc1C1C(=O)C(C)(C)OC(C)(C)C1=O. The molecule has 1 aliphatic rings. The van der Waals surface area contributed by atoms with E-state index in [9.17, 15) is 9.59 Å². The number of carbonyl (C=O) groups excluding carboxylic acids is 2. The maximum atomic E-state index is 13.1. The number of benzene rings is 2. The second-order valence-corrected chi connectivity index (χ2v) is 8.49. The molecule has 0 aliphatic carbocycles. The van der Waals surface area contributed by atoms with Crippen LogP contribution in [0, 0.1) is 0 Å². The van der Waals surface area contributed by atoms with Gasteiger partial charge in [0.25, 0.3) is 0 Å². The second kappa shape index (κ2) is 6.88. The second-order valence-electron chi connectivity index (χ2n) is 8.06. The largest absolute Gasteiger partial charge is 0.354 e. The van der Waals surface area contributed by atoms with E-state index in [1.165, 1.54) is 0 Å². The molecular weight excluding hydrogens is 360 g/mol. The standard InChI is InChI=1S/C23H25ClO3/c1-6-14-7-8-16(15-9-11-17(24)12-10-15)13-18(14)19-20(25)22(2,3)27-23(4,5)21(19)26/h7-13,19H,6H2,1-5H3. The summed E-state index contributed by atoms with van der Waals surface area (Å²) in [6.07, 6.45) is 0.745. The van der Waals surface area contributed by atoms with Crippen LogP contribution < -0.4 is 0 Å².